The number of aliphatic hydroxyl groups excluding tert-OH is 3. The zero-order chi connectivity index (χ0) is 48.1. The first-order chi connectivity index (χ1) is 29.9. The molecular formula is C39H71N5O19. The number of alkyl carbamates (subject to hydrolysis) is 2. The predicted octanol–water partition coefficient (Wildman–Crippen LogP) is -0.832. The molecule has 24 heteroatoms. The molecule has 0 aromatic rings. The van der Waals surface area contributed by atoms with Crippen molar-refractivity contribution in [1.82, 2.24) is 26.2 Å². The van der Waals surface area contributed by atoms with Crippen LogP contribution in [0.4, 0.5) is 9.59 Å². The van der Waals surface area contributed by atoms with Gasteiger partial charge in [-0.05, 0) is 33.6 Å². The average Bonchev–Trinajstić information content (AvgIpc) is 3.56. The lowest BCUT2D eigenvalue weighted by Gasteiger charge is -2.21. The molecule has 0 saturated heterocycles. The molecule has 1 aliphatic rings. The lowest BCUT2D eigenvalue weighted by molar-refractivity contribution is -0.181. The fourth-order valence-electron chi connectivity index (χ4n) is 4.24. The van der Waals surface area contributed by atoms with Gasteiger partial charge in [-0.1, -0.05) is 13.8 Å². The number of hydrogen-bond acceptors (Lipinski definition) is 18. The Morgan fingerprint density at radius 3 is 1.67 bits per heavy atom. The summed E-state index contributed by atoms with van der Waals surface area (Å²) in [6, 6.07) is 0. The van der Waals surface area contributed by atoms with Crippen LogP contribution >= 0.6 is 0 Å². The molecule has 0 aromatic carbocycles. The molecule has 0 bridgehead atoms. The van der Waals surface area contributed by atoms with Gasteiger partial charge in [-0.15, -0.1) is 0 Å². The second kappa shape index (κ2) is 38.0. The minimum atomic E-state index is -1.01. The second-order valence-corrected chi connectivity index (χ2v) is 13.9. The van der Waals surface area contributed by atoms with Gasteiger partial charge in [-0.25, -0.2) is 9.59 Å². The number of rotatable bonds is 31. The minimum absolute atomic E-state index is 0.0130. The normalized spacial score (nSPS) is 13.9. The topological polar surface area (TPSA) is 326 Å². The second-order valence-electron chi connectivity index (χ2n) is 13.9. The number of carboxylic acid groups (broad SMARTS) is 1. The van der Waals surface area contributed by atoms with E-state index in [4.69, 9.17) is 58.3 Å². The van der Waals surface area contributed by atoms with E-state index in [1.807, 2.05) is 13.8 Å². The van der Waals surface area contributed by atoms with Crippen LogP contribution in [0.15, 0.2) is 12.2 Å². The van der Waals surface area contributed by atoms with E-state index in [1.54, 1.807) is 20.8 Å². The summed E-state index contributed by atoms with van der Waals surface area (Å²) in [4.78, 5) is 80.0. The Morgan fingerprint density at radius 2 is 1.16 bits per heavy atom. The molecule has 0 fully saturated rings. The molecule has 1 aliphatic heterocycles. The zero-order valence-electron chi connectivity index (χ0n) is 37.6. The number of aliphatic hydroxyl groups is 3. The molecule has 24 nitrogen and oxygen atoms in total. The molecule has 0 saturated carbocycles. The first-order valence-electron chi connectivity index (χ1n) is 20.4. The van der Waals surface area contributed by atoms with E-state index in [2.05, 4.69) is 21.3 Å². The summed E-state index contributed by atoms with van der Waals surface area (Å²) in [6.45, 7) is 10.5. The summed E-state index contributed by atoms with van der Waals surface area (Å²) in [5.41, 5.74) is -0.571. The number of carboxylic acids is 1. The Hall–Kier alpha value is -4.53. The van der Waals surface area contributed by atoms with Crippen molar-refractivity contribution >= 4 is 41.8 Å². The summed E-state index contributed by atoms with van der Waals surface area (Å²) in [5, 5.41) is 44.8. The minimum Gasteiger partial charge on any atom is -0.481 e. The van der Waals surface area contributed by atoms with Crippen LogP contribution in [0.25, 0.3) is 0 Å². The van der Waals surface area contributed by atoms with Gasteiger partial charge in [-0.2, -0.15) is 0 Å². The van der Waals surface area contributed by atoms with Crippen molar-refractivity contribution in [3.63, 3.8) is 0 Å². The predicted molar refractivity (Wildman–Crippen MR) is 222 cm³/mol. The van der Waals surface area contributed by atoms with Gasteiger partial charge in [0.2, 0.25) is 11.8 Å². The Balaban J connectivity index is 0. The van der Waals surface area contributed by atoms with Crippen molar-refractivity contribution in [3.05, 3.63) is 12.2 Å². The number of carbonyl (C=O) groups is 7. The molecule has 63 heavy (non-hydrogen) atoms. The highest BCUT2D eigenvalue weighted by atomic mass is 16.7. The highest BCUT2D eigenvalue weighted by Gasteiger charge is 2.23. The van der Waals surface area contributed by atoms with E-state index < -0.39 is 48.2 Å². The first kappa shape index (κ1) is 60.6. The van der Waals surface area contributed by atoms with E-state index in [0.29, 0.717) is 32.6 Å². The van der Waals surface area contributed by atoms with Gasteiger partial charge in [-0.3, -0.25) is 28.9 Å². The molecule has 6 amide bonds. The summed E-state index contributed by atoms with van der Waals surface area (Å²) in [5.74, 6) is -2.31. The maximum absolute atomic E-state index is 11.7. The molecular weight excluding hydrogens is 842 g/mol. The molecule has 0 spiro atoms. The quantitative estimate of drug-likeness (QED) is 0.0239. The zero-order valence-corrected chi connectivity index (χ0v) is 37.6. The van der Waals surface area contributed by atoms with Crippen molar-refractivity contribution in [2.75, 3.05) is 99.8 Å². The first-order valence-corrected chi connectivity index (χ1v) is 20.4. The van der Waals surface area contributed by atoms with Gasteiger partial charge >= 0.3 is 18.2 Å². The molecule has 1 rings (SSSR count). The number of aliphatic carboxylic acids is 1. The molecule has 4 atom stereocenters. The van der Waals surface area contributed by atoms with E-state index >= 15 is 0 Å². The van der Waals surface area contributed by atoms with Crippen LogP contribution in [-0.2, 0) is 61.9 Å². The SMILES string of the molecule is CC(C)(C)OC(=O)NCCNC(=O)CCOCCOCCNC(=O)CCN1C(=O)C=CC1=O.CCC(CO)OC(CO)OC.CCC(CO)OC(COC(=O)NCCC(=O)O)OC. The van der Waals surface area contributed by atoms with Gasteiger partial charge in [0.15, 0.2) is 12.6 Å². The van der Waals surface area contributed by atoms with Crippen molar-refractivity contribution < 1.29 is 91.9 Å². The number of ether oxygens (including phenoxy) is 8. The van der Waals surface area contributed by atoms with Gasteiger partial charge in [0.25, 0.3) is 11.8 Å². The number of amides is 6. The van der Waals surface area contributed by atoms with Gasteiger partial charge in [0.1, 0.15) is 12.2 Å². The van der Waals surface area contributed by atoms with Crippen molar-refractivity contribution in [3.8, 4) is 0 Å². The van der Waals surface area contributed by atoms with Gasteiger partial charge in [0.05, 0.1) is 64.9 Å². The Bertz CT molecular complexity index is 1290. The van der Waals surface area contributed by atoms with Crippen LogP contribution in [0, 0.1) is 0 Å². The van der Waals surface area contributed by atoms with E-state index in [9.17, 15) is 33.6 Å². The Kier molecular flexibility index (Phi) is 36.5. The smallest absolute Gasteiger partial charge is 0.407 e. The third kappa shape index (κ3) is 35.6. The average molecular weight is 914 g/mol. The largest absolute Gasteiger partial charge is 0.481 e. The monoisotopic (exact) mass is 913 g/mol. The molecule has 8 N–H and O–H groups in total. The standard InChI is InChI=1S/C21H34N4O8.C11H21NO7.C7H16O4/c1-21(2,3)33-20(30)24-9-8-22-17(27)7-12-31-14-15-32-13-10-23-16(26)6-11-25-18(28)4-5-19(25)29;1-3-8(6-13)19-10(17-2)7-18-11(16)12-5-4-9(14)15;1-3-6(4-8)11-7(5-9)10-2/h4-5H,6-15H2,1-3H3,(H,22,27)(H,23,26)(H,24,30);8,10,13H,3-7H2,1-2H3,(H,12,16)(H,14,15);6-9H,3-5H2,1-2H3. The lowest BCUT2D eigenvalue weighted by atomic mass is 10.2. The fraction of sp³-hybridized carbons (Fsp3) is 0.769. The number of nitrogens with zero attached hydrogens (tertiary/aromatic N) is 1. The van der Waals surface area contributed by atoms with Crippen LogP contribution in [0.5, 0.6) is 0 Å². The van der Waals surface area contributed by atoms with E-state index in [-0.39, 0.29) is 109 Å². The summed E-state index contributed by atoms with van der Waals surface area (Å²) in [6.07, 6.45) is 0.381. The van der Waals surface area contributed by atoms with Gasteiger partial charge in [0, 0.05) is 71.9 Å². The number of imide groups is 1. The van der Waals surface area contributed by atoms with Crippen molar-refractivity contribution in [2.45, 2.75) is 97.1 Å². The highest BCUT2D eigenvalue weighted by Crippen LogP contribution is 2.07. The van der Waals surface area contributed by atoms with Crippen LogP contribution in [0.1, 0.15) is 66.7 Å². The van der Waals surface area contributed by atoms with E-state index in [0.717, 1.165) is 4.90 Å². The van der Waals surface area contributed by atoms with Crippen LogP contribution in [-0.4, -0.2) is 197 Å². The third-order valence-electron chi connectivity index (χ3n) is 7.63. The van der Waals surface area contributed by atoms with Crippen molar-refractivity contribution in [1.29, 1.82) is 0 Å². The number of carbonyl (C=O) groups excluding carboxylic acids is 6. The Labute approximate surface area is 368 Å². The number of nitrogens with one attached hydrogen (secondary N) is 4. The molecule has 0 aliphatic carbocycles. The fourth-order valence-corrected chi connectivity index (χ4v) is 4.24. The maximum atomic E-state index is 11.7. The third-order valence-corrected chi connectivity index (χ3v) is 7.63. The van der Waals surface area contributed by atoms with E-state index in [1.165, 1.54) is 26.4 Å². The number of hydrogen-bond donors (Lipinski definition) is 8. The van der Waals surface area contributed by atoms with Crippen LogP contribution < -0.4 is 21.3 Å². The number of methoxy groups -OCH3 is 2. The summed E-state index contributed by atoms with van der Waals surface area (Å²) in [7, 11) is 2.84. The maximum Gasteiger partial charge on any atom is 0.407 e. The Morgan fingerprint density at radius 1 is 0.651 bits per heavy atom. The highest BCUT2D eigenvalue weighted by molar-refractivity contribution is 6.13. The molecule has 4 unspecified atom stereocenters. The van der Waals surface area contributed by atoms with Crippen LogP contribution in [0.2, 0.25) is 0 Å². The van der Waals surface area contributed by atoms with Crippen LogP contribution in [0.3, 0.4) is 0 Å². The lowest BCUT2D eigenvalue weighted by Crippen LogP contribution is -2.38. The molecule has 0 radical (unpaired) electrons. The van der Waals surface area contributed by atoms with Crippen molar-refractivity contribution in [2.24, 2.45) is 0 Å². The molecule has 0 aromatic heterocycles. The summed E-state index contributed by atoms with van der Waals surface area (Å²) >= 11 is 0. The van der Waals surface area contributed by atoms with Gasteiger partial charge < -0.3 is 79.6 Å². The molecule has 1 heterocycles. The molecule has 366 valence electrons. The summed E-state index contributed by atoms with van der Waals surface area (Å²) < 4.78 is 40.6.